The van der Waals surface area contributed by atoms with Crippen molar-refractivity contribution in [1.29, 1.82) is 0 Å². The molecule has 0 atom stereocenters. The highest BCUT2D eigenvalue weighted by Gasteiger charge is 2.38. The van der Waals surface area contributed by atoms with Crippen molar-refractivity contribution in [2.75, 3.05) is 25.0 Å². The van der Waals surface area contributed by atoms with Crippen LogP contribution in [-0.2, 0) is 22.5 Å². The monoisotopic (exact) mass is 446 g/mol. The van der Waals surface area contributed by atoms with E-state index in [4.69, 9.17) is 5.10 Å². The van der Waals surface area contributed by atoms with E-state index in [1.165, 1.54) is 4.31 Å². The van der Waals surface area contributed by atoms with Crippen LogP contribution in [0.5, 0.6) is 0 Å². The average Bonchev–Trinajstić information content (AvgIpc) is 3.23. The molecule has 168 valence electrons. The zero-order chi connectivity index (χ0) is 22.7. The van der Waals surface area contributed by atoms with E-state index in [0.29, 0.717) is 18.7 Å². The summed E-state index contributed by atoms with van der Waals surface area (Å²) >= 11 is 0. The molecule has 31 heavy (non-hydrogen) atoms. The topological polar surface area (TPSA) is 102 Å². The fourth-order valence-corrected chi connectivity index (χ4v) is 5.07. The number of fused-ring (bicyclic) bond motifs is 1. The Morgan fingerprint density at radius 3 is 2.42 bits per heavy atom. The van der Waals surface area contributed by atoms with Gasteiger partial charge in [-0.2, -0.15) is 8.82 Å². The van der Waals surface area contributed by atoms with Crippen LogP contribution in [0.25, 0.3) is 5.65 Å². The van der Waals surface area contributed by atoms with Gasteiger partial charge in [-0.1, -0.05) is 34.6 Å². The Labute approximate surface area is 182 Å². The molecule has 1 aliphatic rings. The van der Waals surface area contributed by atoms with Gasteiger partial charge in [0.2, 0.25) is 0 Å². The molecule has 3 aromatic rings. The van der Waals surface area contributed by atoms with E-state index < -0.39 is 10.0 Å². The minimum atomic E-state index is -3.66. The van der Waals surface area contributed by atoms with E-state index in [0.717, 1.165) is 17.5 Å². The Morgan fingerprint density at radius 1 is 1.16 bits per heavy atom. The largest absolute Gasteiger partial charge is 0.352 e. The number of likely N-dealkylation sites (N-methyl/N-ethyl adjacent to an activating group) is 1. The standard InChI is InChI=1S/C20H30N8O2S/c1-13(2)18-21-17(12-25(18)6)31(29,30)26(7)14-10-27(11-14)16-9-8-15-22-23-19(20(3,4)5)28(15)24-16/h8-9,12-14H,10-11H2,1-7H3. The summed E-state index contributed by atoms with van der Waals surface area (Å²) in [4.78, 5) is 6.43. The maximum absolute atomic E-state index is 13.1. The molecule has 0 bridgehead atoms. The van der Waals surface area contributed by atoms with Crippen LogP contribution < -0.4 is 4.90 Å². The predicted octanol–water partition coefficient (Wildman–Crippen LogP) is 1.79. The highest BCUT2D eigenvalue weighted by atomic mass is 32.2. The number of hydrogen-bond donors (Lipinski definition) is 0. The molecule has 4 rings (SSSR count). The van der Waals surface area contributed by atoms with Crippen LogP contribution in [0.4, 0.5) is 5.82 Å². The summed E-state index contributed by atoms with van der Waals surface area (Å²) in [5.41, 5.74) is 0.510. The molecule has 10 nitrogen and oxygen atoms in total. The lowest BCUT2D eigenvalue weighted by Crippen LogP contribution is -2.60. The molecule has 0 saturated carbocycles. The van der Waals surface area contributed by atoms with Crippen LogP contribution in [-0.4, -0.2) is 68.3 Å². The molecule has 0 spiro atoms. The van der Waals surface area contributed by atoms with Crippen molar-refractivity contribution in [3.05, 3.63) is 30.0 Å². The summed E-state index contributed by atoms with van der Waals surface area (Å²) in [5, 5.41) is 13.3. The number of aryl methyl sites for hydroxylation is 1. The quantitative estimate of drug-likeness (QED) is 0.589. The van der Waals surface area contributed by atoms with Crippen LogP contribution in [0.3, 0.4) is 0 Å². The Morgan fingerprint density at radius 2 is 1.84 bits per heavy atom. The molecule has 0 radical (unpaired) electrons. The summed E-state index contributed by atoms with van der Waals surface area (Å²) in [6, 6.07) is 3.64. The smallest absolute Gasteiger partial charge is 0.262 e. The third-order valence-corrected chi connectivity index (χ3v) is 7.45. The van der Waals surface area contributed by atoms with Gasteiger partial charge in [-0.3, -0.25) is 0 Å². The molecular weight excluding hydrogens is 416 g/mol. The second-order valence-corrected chi connectivity index (χ2v) is 11.5. The van der Waals surface area contributed by atoms with E-state index in [-0.39, 0.29) is 22.4 Å². The lowest BCUT2D eigenvalue weighted by Gasteiger charge is -2.43. The molecule has 0 unspecified atom stereocenters. The fourth-order valence-electron chi connectivity index (χ4n) is 3.74. The Kier molecular flexibility index (Phi) is 5.08. The summed E-state index contributed by atoms with van der Waals surface area (Å²) in [5.74, 6) is 2.47. The van der Waals surface area contributed by atoms with E-state index >= 15 is 0 Å². The Bertz CT molecular complexity index is 1220. The van der Waals surface area contributed by atoms with E-state index in [9.17, 15) is 8.42 Å². The van der Waals surface area contributed by atoms with Crippen molar-refractivity contribution < 1.29 is 8.42 Å². The van der Waals surface area contributed by atoms with Crippen LogP contribution in [0.2, 0.25) is 0 Å². The van der Waals surface area contributed by atoms with Gasteiger partial charge in [0.1, 0.15) is 11.6 Å². The van der Waals surface area contributed by atoms with Crippen molar-refractivity contribution >= 4 is 21.5 Å². The van der Waals surface area contributed by atoms with Crippen LogP contribution in [0.1, 0.15) is 52.2 Å². The van der Waals surface area contributed by atoms with E-state index in [2.05, 4.69) is 40.9 Å². The van der Waals surface area contributed by atoms with Gasteiger partial charge in [0.05, 0.1) is 6.04 Å². The molecule has 0 amide bonds. The molecule has 11 heteroatoms. The van der Waals surface area contributed by atoms with Crippen molar-refractivity contribution in [2.45, 2.75) is 57.0 Å². The van der Waals surface area contributed by atoms with Gasteiger partial charge in [0.25, 0.3) is 10.0 Å². The zero-order valence-electron chi connectivity index (χ0n) is 19.1. The maximum atomic E-state index is 13.1. The molecule has 1 saturated heterocycles. The Balaban J connectivity index is 1.51. The number of imidazole rings is 1. The zero-order valence-corrected chi connectivity index (χ0v) is 19.9. The predicted molar refractivity (Wildman–Crippen MR) is 118 cm³/mol. The first-order valence-corrected chi connectivity index (χ1v) is 11.8. The van der Waals surface area contributed by atoms with Gasteiger partial charge in [0.15, 0.2) is 16.5 Å². The molecule has 0 N–H and O–H groups in total. The van der Waals surface area contributed by atoms with Gasteiger partial charge in [-0.05, 0) is 12.1 Å². The first-order chi connectivity index (χ1) is 14.4. The number of nitrogens with zero attached hydrogens (tertiary/aromatic N) is 8. The van der Waals surface area contributed by atoms with Crippen LogP contribution >= 0.6 is 0 Å². The Hall–Kier alpha value is -2.53. The highest BCUT2D eigenvalue weighted by molar-refractivity contribution is 7.89. The van der Waals surface area contributed by atoms with Crippen LogP contribution in [0.15, 0.2) is 23.4 Å². The SMILES string of the molecule is CC(C)c1nc(S(=O)(=O)N(C)C2CN(c3ccc4nnc(C(C)(C)C)n4n3)C2)cn1C. The van der Waals surface area contributed by atoms with Gasteiger partial charge < -0.3 is 9.47 Å². The molecular formula is C20H30N8O2S. The van der Waals surface area contributed by atoms with Crippen molar-refractivity contribution in [1.82, 2.24) is 33.7 Å². The first-order valence-electron chi connectivity index (χ1n) is 10.4. The van der Waals surface area contributed by atoms with Gasteiger partial charge in [0, 0.05) is 44.7 Å². The summed E-state index contributed by atoms with van der Waals surface area (Å²) < 4.78 is 31.2. The maximum Gasteiger partial charge on any atom is 0.262 e. The number of aromatic nitrogens is 6. The summed E-state index contributed by atoms with van der Waals surface area (Å²) in [7, 11) is -0.218. The minimum absolute atomic E-state index is 0.0958. The molecule has 1 fully saturated rings. The number of rotatable bonds is 5. The van der Waals surface area contributed by atoms with Gasteiger partial charge >= 0.3 is 0 Å². The first kappa shape index (κ1) is 21.7. The van der Waals surface area contributed by atoms with E-state index in [1.807, 2.05) is 33.0 Å². The van der Waals surface area contributed by atoms with Crippen molar-refractivity contribution in [2.24, 2.45) is 7.05 Å². The minimum Gasteiger partial charge on any atom is -0.352 e. The number of sulfonamides is 1. The highest BCUT2D eigenvalue weighted by Crippen LogP contribution is 2.27. The molecule has 0 aromatic carbocycles. The lowest BCUT2D eigenvalue weighted by molar-refractivity contribution is 0.308. The molecule has 4 heterocycles. The molecule has 1 aliphatic heterocycles. The molecule has 3 aromatic heterocycles. The molecule has 0 aliphatic carbocycles. The van der Waals surface area contributed by atoms with E-state index in [1.54, 1.807) is 22.3 Å². The third-order valence-electron chi connectivity index (χ3n) is 5.67. The fraction of sp³-hybridized carbons (Fsp3) is 0.600. The number of hydrogen-bond acceptors (Lipinski definition) is 7. The second-order valence-electron chi connectivity index (χ2n) is 9.52. The van der Waals surface area contributed by atoms with Crippen molar-refractivity contribution in [3.63, 3.8) is 0 Å². The lowest BCUT2D eigenvalue weighted by atomic mass is 9.96. The van der Waals surface area contributed by atoms with Gasteiger partial charge in [-0.25, -0.2) is 13.4 Å². The second kappa shape index (κ2) is 7.27. The number of anilines is 1. The van der Waals surface area contributed by atoms with Crippen molar-refractivity contribution in [3.8, 4) is 0 Å². The third kappa shape index (κ3) is 3.69. The average molecular weight is 447 g/mol. The summed E-state index contributed by atoms with van der Waals surface area (Å²) in [6.45, 7) is 11.3. The summed E-state index contributed by atoms with van der Waals surface area (Å²) in [6.07, 6.45) is 1.59. The normalized spacial score (nSPS) is 16.0. The van der Waals surface area contributed by atoms with Crippen LogP contribution in [0, 0.1) is 0 Å². The van der Waals surface area contributed by atoms with Gasteiger partial charge in [-0.15, -0.1) is 15.3 Å².